The molecule has 0 amide bonds. The summed E-state index contributed by atoms with van der Waals surface area (Å²) in [6, 6.07) is 8.72. The Labute approximate surface area is 199 Å². The highest BCUT2D eigenvalue weighted by atomic mass is 127. The molecule has 1 aliphatic heterocycles. The number of hydrogen-bond donors (Lipinski definition) is 1. The van der Waals surface area contributed by atoms with Crippen molar-refractivity contribution in [2.75, 3.05) is 39.3 Å². The number of esters is 1. The van der Waals surface area contributed by atoms with Crippen molar-refractivity contribution in [3.8, 4) is 0 Å². The Morgan fingerprint density at radius 3 is 2.43 bits per heavy atom. The molecule has 6 nitrogen and oxygen atoms in total. The average Bonchev–Trinajstić information content (AvgIpc) is 2.75. The number of halogens is 1. The summed E-state index contributed by atoms with van der Waals surface area (Å²) in [7, 11) is 0. The Hall–Kier alpha value is -1.35. The van der Waals surface area contributed by atoms with Gasteiger partial charge in [-0.3, -0.25) is 9.69 Å². The molecule has 1 heterocycles. The van der Waals surface area contributed by atoms with Crippen LogP contribution in [0.1, 0.15) is 51.7 Å². The first-order valence-corrected chi connectivity index (χ1v) is 11.1. The zero-order chi connectivity index (χ0) is 21.1. The van der Waals surface area contributed by atoms with Gasteiger partial charge in [-0.25, -0.2) is 4.99 Å². The zero-order valence-corrected chi connectivity index (χ0v) is 21.4. The third-order valence-corrected chi connectivity index (χ3v) is 5.45. The van der Waals surface area contributed by atoms with Crippen LogP contribution in [0.25, 0.3) is 0 Å². The van der Waals surface area contributed by atoms with Crippen molar-refractivity contribution in [3.05, 3.63) is 35.4 Å². The lowest BCUT2D eigenvalue weighted by Crippen LogP contribution is -2.46. The van der Waals surface area contributed by atoms with Crippen LogP contribution < -0.4 is 5.32 Å². The third kappa shape index (κ3) is 8.41. The molecule has 0 unspecified atom stereocenters. The van der Waals surface area contributed by atoms with Crippen LogP contribution in [0.4, 0.5) is 0 Å². The van der Waals surface area contributed by atoms with E-state index in [0.717, 1.165) is 58.1 Å². The zero-order valence-electron chi connectivity index (χ0n) is 19.0. The number of ether oxygens (including phenoxy) is 1. The van der Waals surface area contributed by atoms with Crippen LogP contribution in [-0.4, -0.2) is 61.1 Å². The predicted molar refractivity (Wildman–Crippen MR) is 134 cm³/mol. The average molecular weight is 530 g/mol. The number of carbonyl (C=O) groups excluding carboxylic acids is 1. The fraction of sp³-hybridized carbons (Fsp3) is 0.652. The van der Waals surface area contributed by atoms with Gasteiger partial charge in [-0.15, -0.1) is 24.0 Å². The molecule has 2 rings (SSSR count). The van der Waals surface area contributed by atoms with Gasteiger partial charge in [-0.05, 0) is 50.9 Å². The molecular formula is C23H39IN4O2. The van der Waals surface area contributed by atoms with Gasteiger partial charge >= 0.3 is 5.97 Å². The minimum absolute atomic E-state index is 0. The van der Waals surface area contributed by atoms with E-state index in [9.17, 15) is 4.79 Å². The molecule has 0 radical (unpaired) electrons. The summed E-state index contributed by atoms with van der Waals surface area (Å²) in [5.74, 6) is 0.897. The smallest absolute Gasteiger partial charge is 0.309 e. The van der Waals surface area contributed by atoms with E-state index in [2.05, 4.69) is 60.2 Å². The topological polar surface area (TPSA) is 57.2 Å². The highest BCUT2D eigenvalue weighted by Gasteiger charge is 2.27. The number of aliphatic imine (C=N–C) groups is 1. The molecule has 0 spiro atoms. The Bertz CT molecular complexity index is 656. The minimum atomic E-state index is -0.0564. The Morgan fingerprint density at radius 1 is 1.17 bits per heavy atom. The number of guanidine groups is 1. The van der Waals surface area contributed by atoms with Crippen molar-refractivity contribution >= 4 is 35.9 Å². The van der Waals surface area contributed by atoms with Crippen molar-refractivity contribution < 1.29 is 9.53 Å². The highest BCUT2D eigenvalue weighted by molar-refractivity contribution is 14.0. The Balaban J connectivity index is 0.00000450. The third-order valence-electron chi connectivity index (χ3n) is 5.45. The molecule has 1 aliphatic rings. The van der Waals surface area contributed by atoms with E-state index in [1.165, 1.54) is 11.1 Å². The van der Waals surface area contributed by atoms with Crippen molar-refractivity contribution in [3.63, 3.8) is 0 Å². The first-order valence-electron chi connectivity index (χ1n) is 11.1. The van der Waals surface area contributed by atoms with Crippen LogP contribution >= 0.6 is 24.0 Å². The van der Waals surface area contributed by atoms with Crippen LogP contribution in [0.3, 0.4) is 0 Å². The van der Waals surface area contributed by atoms with Gasteiger partial charge in [0.15, 0.2) is 5.96 Å². The number of benzene rings is 1. The molecule has 0 aliphatic carbocycles. The summed E-state index contributed by atoms with van der Waals surface area (Å²) in [5, 5.41) is 3.41. The standard InChI is InChI=1S/C23H38N4O2.HI/c1-5-24-23(27-14-12-21(13-15-27)22(28)29-8-4)25-17-19-10-9-11-20(16-19)18-26(6-2)7-3;/h9-11,16,21H,5-8,12-15,17-18H2,1-4H3,(H,24,25);1H. The van der Waals surface area contributed by atoms with E-state index in [0.29, 0.717) is 13.2 Å². The molecule has 1 N–H and O–H groups in total. The predicted octanol–water partition coefficient (Wildman–Crippen LogP) is 3.89. The molecular weight excluding hydrogens is 491 g/mol. The minimum Gasteiger partial charge on any atom is -0.466 e. The largest absolute Gasteiger partial charge is 0.466 e. The van der Waals surface area contributed by atoms with E-state index in [1.807, 2.05) is 6.92 Å². The molecule has 0 atom stereocenters. The molecule has 0 bridgehead atoms. The SMILES string of the molecule is CCNC(=NCc1cccc(CN(CC)CC)c1)N1CCC(C(=O)OCC)CC1.I. The van der Waals surface area contributed by atoms with Crippen molar-refractivity contribution in [1.29, 1.82) is 0 Å². The van der Waals surface area contributed by atoms with Gasteiger partial charge in [-0.1, -0.05) is 38.1 Å². The van der Waals surface area contributed by atoms with Gasteiger partial charge in [0.05, 0.1) is 19.1 Å². The van der Waals surface area contributed by atoms with Crippen LogP contribution in [0.2, 0.25) is 0 Å². The first kappa shape index (κ1) is 26.7. The number of carbonyl (C=O) groups is 1. The summed E-state index contributed by atoms with van der Waals surface area (Å²) in [6.45, 7) is 15.1. The molecule has 1 fully saturated rings. The second-order valence-corrected chi connectivity index (χ2v) is 7.46. The molecule has 170 valence electrons. The first-order chi connectivity index (χ1) is 14.1. The summed E-state index contributed by atoms with van der Waals surface area (Å²) in [5.41, 5.74) is 2.56. The van der Waals surface area contributed by atoms with Gasteiger partial charge in [-0.2, -0.15) is 0 Å². The Kier molecular flexibility index (Phi) is 13.0. The number of piperidine rings is 1. The monoisotopic (exact) mass is 530 g/mol. The molecule has 0 saturated carbocycles. The molecule has 1 aromatic rings. The van der Waals surface area contributed by atoms with Gasteiger partial charge in [0.2, 0.25) is 0 Å². The summed E-state index contributed by atoms with van der Waals surface area (Å²) < 4.78 is 5.18. The molecule has 7 heteroatoms. The summed E-state index contributed by atoms with van der Waals surface area (Å²) in [6.07, 6.45) is 1.64. The second kappa shape index (κ2) is 14.6. The summed E-state index contributed by atoms with van der Waals surface area (Å²) in [4.78, 5) is 21.5. The van der Waals surface area contributed by atoms with E-state index in [-0.39, 0.29) is 35.9 Å². The number of rotatable bonds is 9. The van der Waals surface area contributed by atoms with Crippen LogP contribution in [0.15, 0.2) is 29.3 Å². The number of nitrogens with zero attached hydrogens (tertiary/aromatic N) is 3. The fourth-order valence-electron chi connectivity index (χ4n) is 3.71. The molecule has 1 aromatic carbocycles. The lowest BCUT2D eigenvalue weighted by atomic mass is 9.97. The maximum absolute atomic E-state index is 12.0. The van der Waals surface area contributed by atoms with Gasteiger partial charge < -0.3 is 15.0 Å². The van der Waals surface area contributed by atoms with Crippen molar-refractivity contribution in [1.82, 2.24) is 15.1 Å². The van der Waals surface area contributed by atoms with Gasteiger partial charge in [0.1, 0.15) is 0 Å². The second-order valence-electron chi connectivity index (χ2n) is 7.46. The normalized spacial score (nSPS) is 15.1. The molecule has 0 aromatic heterocycles. The maximum Gasteiger partial charge on any atom is 0.309 e. The molecule has 30 heavy (non-hydrogen) atoms. The van der Waals surface area contributed by atoms with Crippen LogP contribution in [0, 0.1) is 5.92 Å². The van der Waals surface area contributed by atoms with E-state index < -0.39 is 0 Å². The lowest BCUT2D eigenvalue weighted by Gasteiger charge is -2.33. The Morgan fingerprint density at radius 2 is 1.83 bits per heavy atom. The lowest BCUT2D eigenvalue weighted by molar-refractivity contribution is -0.149. The van der Waals surface area contributed by atoms with Crippen LogP contribution in [-0.2, 0) is 22.6 Å². The number of nitrogens with one attached hydrogen (secondary N) is 1. The highest BCUT2D eigenvalue weighted by Crippen LogP contribution is 2.19. The summed E-state index contributed by atoms with van der Waals surface area (Å²) >= 11 is 0. The van der Waals surface area contributed by atoms with Crippen LogP contribution in [0.5, 0.6) is 0 Å². The van der Waals surface area contributed by atoms with Gasteiger partial charge in [0, 0.05) is 26.2 Å². The van der Waals surface area contributed by atoms with E-state index >= 15 is 0 Å². The quantitative estimate of drug-likeness (QED) is 0.227. The van der Waals surface area contributed by atoms with Crippen molar-refractivity contribution in [2.45, 2.75) is 53.6 Å². The van der Waals surface area contributed by atoms with E-state index in [4.69, 9.17) is 9.73 Å². The maximum atomic E-state index is 12.0. The fourth-order valence-corrected chi connectivity index (χ4v) is 3.71. The number of hydrogen-bond acceptors (Lipinski definition) is 4. The van der Waals surface area contributed by atoms with E-state index in [1.54, 1.807) is 0 Å². The van der Waals surface area contributed by atoms with Gasteiger partial charge in [0.25, 0.3) is 0 Å². The molecule has 1 saturated heterocycles. The number of likely N-dealkylation sites (tertiary alicyclic amines) is 1. The van der Waals surface area contributed by atoms with Crippen molar-refractivity contribution in [2.24, 2.45) is 10.9 Å².